The van der Waals surface area contributed by atoms with Gasteiger partial charge < -0.3 is 20.9 Å². The average Bonchev–Trinajstić information content (AvgIpc) is 2.57. The Hall–Kier alpha value is -2.57. The number of guanidine groups is 1. The van der Waals surface area contributed by atoms with E-state index in [2.05, 4.69) is 20.9 Å². The van der Waals surface area contributed by atoms with Crippen LogP contribution in [-0.2, 0) is 16.1 Å². The van der Waals surface area contributed by atoms with E-state index in [1.165, 1.54) is 0 Å². The summed E-state index contributed by atoms with van der Waals surface area (Å²) in [4.78, 5) is 29.8. The predicted molar refractivity (Wildman–Crippen MR) is 105 cm³/mol. The van der Waals surface area contributed by atoms with Crippen molar-refractivity contribution in [3.05, 3.63) is 35.9 Å². The van der Waals surface area contributed by atoms with Gasteiger partial charge in [0.25, 0.3) is 0 Å². The van der Waals surface area contributed by atoms with Crippen molar-refractivity contribution in [1.82, 2.24) is 20.9 Å². The molecule has 3 N–H and O–H groups in total. The maximum Gasteiger partial charge on any atom is 0.239 e. The molecule has 1 rings (SSSR count). The highest BCUT2D eigenvalue weighted by molar-refractivity contribution is 5.87. The van der Waals surface area contributed by atoms with E-state index in [4.69, 9.17) is 0 Å². The second kappa shape index (κ2) is 10.4. The number of rotatable bonds is 7. The number of amides is 2. The standard InChI is InChI=1S/C19H31N5O2/c1-19(2,3)23-16(25)13-22-18(20-4)21-12-11-17(26)24(5)14-15-9-7-6-8-10-15/h6-10H,11-14H2,1-5H3,(H,23,25)(H2,20,21,22). The predicted octanol–water partition coefficient (Wildman–Crippen LogP) is 1.11. The summed E-state index contributed by atoms with van der Waals surface area (Å²) < 4.78 is 0. The van der Waals surface area contributed by atoms with E-state index >= 15 is 0 Å². The lowest BCUT2D eigenvalue weighted by Crippen LogP contribution is -2.48. The molecule has 0 unspecified atom stereocenters. The van der Waals surface area contributed by atoms with Gasteiger partial charge in [-0.1, -0.05) is 30.3 Å². The number of nitrogens with one attached hydrogen (secondary N) is 3. The van der Waals surface area contributed by atoms with Crippen LogP contribution in [0.1, 0.15) is 32.8 Å². The topological polar surface area (TPSA) is 85.8 Å². The molecule has 0 aliphatic heterocycles. The third kappa shape index (κ3) is 9.05. The lowest BCUT2D eigenvalue weighted by atomic mass is 10.1. The van der Waals surface area contributed by atoms with Gasteiger partial charge in [-0.3, -0.25) is 14.6 Å². The van der Waals surface area contributed by atoms with E-state index in [1.807, 2.05) is 51.1 Å². The summed E-state index contributed by atoms with van der Waals surface area (Å²) in [7, 11) is 3.42. The van der Waals surface area contributed by atoms with Crippen LogP contribution in [0, 0.1) is 0 Å². The van der Waals surface area contributed by atoms with Gasteiger partial charge in [0, 0.05) is 39.1 Å². The molecule has 0 bridgehead atoms. The molecule has 0 atom stereocenters. The van der Waals surface area contributed by atoms with Crippen LogP contribution in [-0.4, -0.2) is 55.4 Å². The minimum Gasteiger partial charge on any atom is -0.356 e. The molecule has 0 fully saturated rings. The highest BCUT2D eigenvalue weighted by atomic mass is 16.2. The van der Waals surface area contributed by atoms with Crippen molar-refractivity contribution < 1.29 is 9.59 Å². The van der Waals surface area contributed by atoms with Crippen molar-refractivity contribution >= 4 is 17.8 Å². The van der Waals surface area contributed by atoms with Crippen LogP contribution in [0.25, 0.3) is 0 Å². The van der Waals surface area contributed by atoms with Gasteiger partial charge >= 0.3 is 0 Å². The van der Waals surface area contributed by atoms with Crippen molar-refractivity contribution in [3.8, 4) is 0 Å². The molecule has 7 heteroatoms. The molecule has 0 saturated carbocycles. The molecule has 1 aromatic carbocycles. The maximum atomic E-state index is 12.2. The molecule has 0 radical (unpaired) electrons. The third-order valence-electron chi connectivity index (χ3n) is 3.47. The fraction of sp³-hybridized carbons (Fsp3) is 0.526. The van der Waals surface area contributed by atoms with E-state index < -0.39 is 0 Å². The molecule has 0 aromatic heterocycles. The van der Waals surface area contributed by atoms with Gasteiger partial charge in [-0.2, -0.15) is 0 Å². The van der Waals surface area contributed by atoms with Crippen LogP contribution in [0.2, 0.25) is 0 Å². The van der Waals surface area contributed by atoms with Gasteiger partial charge in [-0.05, 0) is 26.3 Å². The fourth-order valence-electron chi connectivity index (χ4n) is 2.27. The van der Waals surface area contributed by atoms with Crippen molar-refractivity contribution in [3.63, 3.8) is 0 Å². The van der Waals surface area contributed by atoms with Crippen LogP contribution in [0.5, 0.6) is 0 Å². The molecular formula is C19H31N5O2. The zero-order chi connectivity index (χ0) is 19.6. The van der Waals surface area contributed by atoms with Gasteiger partial charge in [0.15, 0.2) is 5.96 Å². The normalized spacial score (nSPS) is 11.7. The smallest absolute Gasteiger partial charge is 0.239 e. The van der Waals surface area contributed by atoms with Gasteiger partial charge in [0.1, 0.15) is 0 Å². The summed E-state index contributed by atoms with van der Waals surface area (Å²) in [5.41, 5.74) is 0.824. The average molecular weight is 361 g/mol. The lowest BCUT2D eigenvalue weighted by Gasteiger charge is -2.21. The number of benzene rings is 1. The Kier molecular flexibility index (Phi) is 8.61. The summed E-state index contributed by atoms with van der Waals surface area (Å²) in [6.45, 7) is 6.93. The first-order chi connectivity index (χ1) is 12.2. The van der Waals surface area contributed by atoms with E-state index in [0.717, 1.165) is 5.56 Å². The first kappa shape index (κ1) is 21.5. The summed E-state index contributed by atoms with van der Waals surface area (Å²) in [5, 5.41) is 8.85. The molecule has 0 saturated heterocycles. The molecule has 0 spiro atoms. The summed E-state index contributed by atoms with van der Waals surface area (Å²) in [6.07, 6.45) is 0.345. The van der Waals surface area contributed by atoms with Gasteiger partial charge in [0.05, 0.1) is 6.54 Å². The number of aliphatic imine (C=N–C) groups is 1. The Morgan fingerprint density at radius 1 is 1.12 bits per heavy atom. The molecular weight excluding hydrogens is 330 g/mol. The minimum atomic E-state index is -0.272. The SMILES string of the molecule is CN=C(NCCC(=O)N(C)Cc1ccccc1)NCC(=O)NC(C)(C)C. The Morgan fingerprint density at radius 2 is 1.77 bits per heavy atom. The maximum absolute atomic E-state index is 12.2. The Bertz CT molecular complexity index is 608. The van der Waals surface area contributed by atoms with Crippen LogP contribution in [0.4, 0.5) is 0 Å². The summed E-state index contributed by atoms with van der Waals surface area (Å²) in [6, 6.07) is 9.86. The fourth-order valence-corrected chi connectivity index (χ4v) is 2.27. The monoisotopic (exact) mass is 361 g/mol. The van der Waals surface area contributed by atoms with Crippen LogP contribution >= 0.6 is 0 Å². The number of carbonyl (C=O) groups excluding carboxylic acids is 2. The Labute approximate surface area is 156 Å². The summed E-state index contributed by atoms with van der Waals surface area (Å²) in [5.74, 6) is 0.425. The Morgan fingerprint density at radius 3 is 2.35 bits per heavy atom. The van der Waals surface area contributed by atoms with Crippen LogP contribution < -0.4 is 16.0 Å². The molecule has 0 aliphatic carbocycles. The zero-order valence-electron chi connectivity index (χ0n) is 16.4. The van der Waals surface area contributed by atoms with Crippen LogP contribution in [0.3, 0.4) is 0 Å². The largest absolute Gasteiger partial charge is 0.356 e. The van der Waals surface area contributed by atoms with E-state index in [0.29, 0.717) is 25.5 Å². The zero-order valence-corrected chi connectivity index (χ0v) is 16.4. The molecule has 144 valence electrons. The van der Waals surface area contributed by atoms with Gasteiger partial charge in [-0.15, -0.1) is 0 Å². The lowest BCUT2D eigenvalue weighted by molar-refractivity contribution is -0.130. The van der Waals surface area contributed by atoms with Crippen LogP contribution in [0.15, 0.2) is 35.3 Å². The molecule has 0 heterocycles. The number of nitrogens with zero attached hydrogens (tertiary/aromatic N) is 2. The van der Waals surface area contributed by atoms with E-state index in [-0.39, 0.29) is 23.9 Å². The van der Waals surface area contributed by atoms with Gasteiger partial charge in [-0.25, -0.2) is 0 Å². The van der Waals surface area contributed by atoms with Crippen molar-refractivity contribution in [2.45, 2.75) is 39.3 Å². The second-order valence-electron chi connectivity index (χ2n) is 7.14. The van der Waals surface area contributed by atoms with Crippen molar-refractivity contribution in [2.24, 2.45) is 4.99 Å². The first-order valence-corrected chi connectivity index (χ1v) is 8.74. The molecule has 7 nitrogen and oxygen atoms in total. The number of carbonyl (C=O) groups is 2. The molecule has 1 aromatic rings. The van der Waals surface area contributed by atoms with E-state index in [1.54, 1.807) is 19.0 Å². The van der Waals surface area contributed by atoms with Crippen molar-refractivity contribution in [1.29, 1.82) is 0 Å². The number of hydrogen-bond acceptors (Lipinski definition) is 3. The molecule has 0 aliphatic rings. The minimum absolute atomic E-state index is 0.0438. The second-order valence-corrected chi connectivity index (χ2v) is 7.14. The highest BCUT2D eigenvalue weighted by Crippen LogP contribution is 2.03. The third-order valence-corrected chi connectivity index (χ3v) is 3.47. The van der Waals surface area contributed by atoms with E-state index in [9.17, 15) is 9.59 Å². The first-order valence-electron chi connectivity index (χ1n) is 8.74. The van der Waals surface area contributed by atoms with Crippen molar-refractivity contribution in [2.75, 3.05) is 27.2 Å². The highest BCUT2D eigenvalue weighted by Gasteiger charge is 2.14. The quantitative estimate of drug-likeness (QED) is 0.502. The number of hydrogen-bond donors (Lipinski definition) is 3. The van der Waals surface area contributed by atoms with Gasteiger partial charge in [0.2, 0.25) is 11.8 Å². The molecule has 26 heavy (non-hydrogen) atoms. The molecule has 2 amide bonds. The Balaban J connectivity index is 2.31. The summed E-state index contributed by atoms with van der Waals surface area (Å²) >= 11 is 0.